The third-order valence-electron chi connectivity index (χ3n) is 2.36. The summed E-state index contributed by atoms with van der Waals surface area (Å²) >= 11 is 0. The number of carbonyl (C=O) groups excluding carboxylic acids is 1. The van der Waals surface area contributed by atoms with Crippen molar-refractivity contribution in [3.05, 3.63) is 0 Å². The molecule has 0 amide bonds. The van der Waals surface area contributed by atoms with Gasteiger partial charge in [0.1, 0.15) is 0 Å². The van der Waals surface area contributed by atoms with E-state index in [9.17, 15) is 4.79 Å². The number of rotatable bonds is 2. The van der Waals surface area contributed by atoms with E-state index in [0.29, 0.717) is 0 Å². The highest BCUT2D eigenvalue weighted by Gasteiger charge is 2.30. The van der Waals surface area contributed by atoms with E-state index in [-0.39, 0.29) is 17.9 Å². The van der Waals surface area contributed by atoms with E-state index in [2.05, 4.69) is 10.6 Å². The van der Waals surface area contributed by atoms with E-state index < -0.39 is 0 Å². The minimum absolute atomic E-state index is 0.0150. The van der Waals surface area contributed by atoms with Crippen molar-refractivity contribution in [2.45, 2.75) is 12.5 Å². The predicted molar refractivity (Wildman–Crippen MR) is 45.8 cm³/mol. The van der Waals surface area contributed by atoms with E-state index in [1.807, 2.05) is 7.05 Å². The number of methoxy groups -OCH3 is 1. The largest absolute Gasteiger partial charge is 0.469 e. The van der Waals surface area contributed by atoms with E-state index in [0.717, 1.165) is 19.5 Å². The van der Waals surface area contributed by atoms with Gasteiger partial charge in [0.2, 0.25) is 0 Å². The zero-order valence-electron chi connectivity index (χ0n) is 7.59. The van der Waals surface area contributed by atoms with Crippen molar-refractivity contribution in [2.75, 3.05) is 27.2 Å². The smallest absolute Gasteiger partial charge is 0.310 e. The Kier molecular flexibility index (Phi) is 3.49. The monoisotopic (exact) mass is 172 g/mol. The van der Waals surface area contributed by atoms with Crippen LogP contribution in [0.4, 0.5) is 0 Å². The van der Waals surface area contributed by atoms with Crippen LogP contribution in [0.1, 0.15) is 6.42 Å². The number of carbonyl (C=O) groups is 1. The van der Waals surface area contributed by atoms with Crippen LogP contribution in [0, 0.1) is 5.92 Å². The summed E-state index contributed by atoms with van der Waals surface area (Å²) in [6.07, 6.45) is 0.859. The first kappa shape index (κ1) is 9.48. The molecule has 0 spiro atoms. The summed E-state index contributed by atoms with van der Waals surface area (Å²) in [6.45, 7) is 1.74. The lowest BCUT2D eigenvalue weighted by atomic mass is 9.93. The van der Waals surface area contributed by atoms with Gasteiger partial charge in [-0.25, -0.2) is 0 Å². The SMILES string of the molecule is CNC1CNCCC1C(=O)OC. The van der Waals surface area contributed by atoms with Gasteiger partial charge in [0.25, 0.3) is 0 Å². The Bertz CT molecular complexity index is 161. The van der Waals surface area contributed by atoms with E-state index in [1.54, 1.807) is 0 Å². The van der Waals surface area contributed by atoms with Crippen molar-refractivity contribution in [1.29, 1.82) is 0 Å². The molecule has 2 atom stereocenters. The molecule has 4 nitrogen and oxygen atoms in total. The summed E-state index contributed by atoms with van der Waals surface area (Å²) in [5.41, 5.74) is 0. The van der Waals surface area contributed by atoms with Crippen LogP contribution < -0.4 is 10.6 Å². The fourth-order valence-electron chi connectivity index (χ4n) is 1.60. The molecule has 1 fully saturated rings. The molecule has 70 valence electrons. The fraction of sp³-hybridized carbons (Fsp3) is 0.875. The molecular formula is C8H16N2O2. The Balaban J connectivity index is 2.52. The van der Waals surface area contributed by atoms with Crippen LogP contribution in [0.25, 0.3) is 0 Å². The molecule has 2 N–H and O–H groups in total. The molecule has 1 saturated heterocycles. The van der Waals surface area contributed by atoms with Gasteiger partial charge in [-0.15, -0.1) is 0 Å². The first-order chi connectivity index (χ1) is 5.79. The van der Waals surface area contributed by atoms with Crippen LogP contribution in [0.2, 0.25) is 0 Å². The van der Waals surface area contributed by atoms with Crippen molar-refractivity contribution in [2.24, 2.45) is 5.92 Å². The second kappa shape index (κ2) is 4.42. The van der Waals surface area contributed by atoms with Gasteiger partial charge in [-0.2, -0.15) is 0 Å². The Morgan fingerprint density at radius 1 is 1.67 bits per heavy atom. The van der Waals surface area contributed by atoms with Gasteiger partial charge in [0, 0.05) is 12.6 Å². The van der Waals surface area contributed by atoms with Gasteiger partial charge in [-0.05, 0) is 20.0 Å². The number of likely N-dealkylation sites (N-methyl/N-ethyl adjacent to an activating group) is 1. The topological polar surface area (TPSA) is 50.4 Å². The van der Waals surface area contributed by atoms with Crippen molar-refractivity contribution >= 4 is 5.97 Å². The minimum Gasteiger partial charge on any atom is -0.469 e. The molecule has 0 aromatic rings. The van der Waals surface area contributed by atoms with Crippen LogP contribution >= 0.6 is 0 Å². The van der Waals surface area contributed by atoms with Gasteiger partial charge < -0.3 is 15.4 Å². The number of esters is 1. The lowest BCUT2D eigenvalue weighted by molar-refractivity contribution is -0.147. The van der Waals surface area contributed by atoms with Crippen molar-refractivity contribution in [3.8, 4) is 0 Å². The first-order valence-electron chi connectivity index (χ1n) is 4.25. The summed E-state index contributed by atoms with van der Waals surface area (Å²) in [6, 6.07) is 0.214. The molecule has 12 heavy (non-hydrogen) atoms. The molecule has 1 aliphatic heterocycles. The maximum atomic E-state index is 11.2. The van der Waals surface area contributed by atoms with E-state index in [4.69, 9.17) is 4.74 Å². The van der Waals surface area contributed by atoms with Gasteiger partial charge in [0.05, 0.1) is 13.0 Å². The average molecular weight is 172 g/mol. The standard InChI is InChI=1S/C8H16N2O2/c1-9-7-5-10-4-3-6(7)8(11)12-2/h6-7,9-10H,3-5H2,1-2H3. The predicted octanol–water partition coefficient (Wildman–Crippen LogP) is -0.643. The first-order valence-corrected chi connectivity index (χ1v) is 4.25. The lowest BCUT2D eigenvalue weighted by Gasteiger charge is -2.29. The zero-order chi connectivity index (χ0) is 8.97. The zero-order valence-corrected chi connectivity index (χ0v) is 7.59. The quantitative estimate of drug-likeness (QED) is 0.544. The summed E-state index contributed by atoms with van der Waals surface area (Å²) in [4.78, 5) is 11.2. The van der Waals surface area contributed by atoms with Gasteiger partial charge in [0.15, 0.2) is 0 Å². The number of nitrogens with one attached hydrogen (secondary N) is 2. The second-order valence-corrected chi connectivity index (χ2v) is 3.02. The van der Waals surface area contributed by atoms with Crippen LogP contribution in [0.5, 0.6) is 0 Å². The third-order valence-corrected chi connectivity index (χ3v) is 2.36. The Hall–Kier alpha value is -0.610. The maximum absolute atomic E-state index is 11.2. The van der Waals surface area contributed by atoms with Crippen molar-refractivity contribution in [1.82, 2.24) is 10.6 Å². The molecule has 1 heterocycles. The summed E-state index contributed by atoms with van der Waals surface area (Å²) in [5.74, 6) is -0.0860. The van der Waals surface area contributed by atoms with Gasteiger partial charge >= 0.3 is 5.97 Å². The highest BCUT2D eigenvalue weighted by atomic mass is 16.5. The minimum atomic E-state index is -0.101. The van der Waals surface area contributed by atoms with Crippen molar-refractivity contribution < 1.29 is 9.53 Å². The molecule has 1 rings (SSSR count). The molecule has 4 heteroatoms. The number of hydrogen-bond donors (Lipinski definition) is 2. The maximum Gasteiger partial charge on any atom is 0.310 e. The van der Waals surface area contributed by atoms with Crippen LogP contribution in [-0.2, 0) is 9.53 Å². The van der Waals surface area contributed by atoms with Gasteiger partial charge in [-0.3, -0.25) is 4.79 Å². The van der Waals surface area contributed by atoms with E-state index >= 15 is 0 Å². The van der Waals surface area contributed by atoms with Crippen LogP contribution in [0.3, 0.4) is 0 Å². The molecule has 0 radical (unpaired) electrons. The summed E-state index contributed by atoms with van der Waals surface area (Å²) in [7, 11) is 3.31. The molecule has 0 saturated carbocycles. The second-order valence-electron chi connectivity index (χ2n) is 3.02. The Morgan fingerprint density at radius 2 is 2.42 bits per heavy atom. The molecule has 0 aliphatic carbocycles. The number of piperidine rings is 1. The summed E-state index contributed by atoms with van der Waals surface area (Å²) < 4.78 is 4.72. The number of ether oxygens (including phenoxy) is 1. The average Bonchev–Trinajstić information content (AvgIpc) is 2.16. The Labute approximate surface area is 72.7 Å². The fourth-order valence-corrected chi connectivity index (χ4v) is 1.60. The molecule has 1 aliphatic rings. The lowest BCUT2D eigenvalue weighted by Crippen LogP contribution is -2.50. The highest BCUT2D eigenvalue weighted by molar-refractivity contribution is 5.73. The molecular weight excluding hydrogens is 156 g/mol. The van der Waals surface area contributed by atoms with Gasteiger partial charge in [-0.1, -0.05) is 0 Å². The summed E-state index contributed by atoms with van der Waals surface area (Å²) in [5, 5.41) is 6.33. The third kappa shape index (κ3) is 1.95. The van der Waals surface area contributed by atoms with Crippen LogP contribution in [-0.4, -0.2) is 39.3 Å². The molecule has 0 aromatic heterocycles. The Morgan fingerprint density at radius 3 is 3.00 bits per heavy atom. The van der Waals surface area contributed by atoms with Crippen LogP contribution in [0.15, 0.2) is 0 Å². The van der Waals surface area contributed by atoms with Crippen molar-refractivity contribution in [3.63, 3.8) is 0 Å². The highest BCUT2D eigenvalue weighted by Crippen LogP contribution is 2.13. The van der Waals surface area contributed by atoms with E-state index in [1.165, 1.54) is 7.11 Å². The number of hydrogen-bond acceptors (Lipinski definition) is 4. The molecule has 0 bridgehead atoms. The molecule has 0 aromatic carbocycles. The normalized spacial score (nSPS) is 29.8. The molecule has 2 unspecified atom stereocenters.